The Morgan fingerprint density at radius 3 is 2.64 bits per heavy atom. The monoisotopic (exact) mass is 380 g/mol. The second-order valence-electron chi connectivity index (χ2n) is 7.64. The molecule has 3 rings (SSSR count). The number of rotatable bonds is 4. The van der Waals surface area contributed by atoms with Crippen LogP contribution in [0.5, 0.6) is 0 Å². The molecule has 3 aromatic rings. The zero-order valence-electron chi connectivity index (χ0n) is 16.7. The fraction of sp³-hybridized carbons (Fsp3) is 0.333. The minimum atomic E-state index is -0.639. The molecule has 2 N–H and O–H groups in total. The van der Waals surface area contributed by atoms with Crippen molar-refractivity contribution in [3.8, 4) is 0 Å². The average Bonchev–Trinajstić information content (AvgIpc) is 3.13. The predicted octanol–water partition coefficient (Wildman–Crippen LogP) is 3.42. The molecule has 0 bridgehead atoms. The van der Waals surface area contributed by atoms with Gasteiger partial charge in [-0.3, -0.25) is 9.78 Å². The molecule has 0 radical (unpaired) electrons. The third-order valence-corrected chi connectivity index (χ3v) is 4.36. The van der Waals surface area contributed by atoms with E-state index in [-0.39, 0.29) is 17.5 Å². The number of pyridine rings is 2. The lowest BCUT2D eigenvalue weighted by Gasteiger charge is -2.20. The van der Waals surface area contributed by atoms with Crippen LogP contribution in [0.3, 0.4) is 0 Å². The lowest BCUT2D eigenvalue weighted by Crippen LogP contribution is -2.25. The van der Waals surface area contributed by atoms with Crippen LogP contribution < -0.4 is 5.32 Å². The van der Waals surface area contributed by atoms with Crippen LogP contribution in [-0.2, 0) is 4.74 Å². The zero-order valence-corrected chi connectivity index (χ0v) is 16.7. The molecule has 0 aliphatic rings. The van der Waals surface area contributed by atoms with E-state index in [1.165, 1.54) is 13.1 Å². The second kappa shape index (κ2) is 7.42. The highest BCUT2D eigenvalue weighted by Gasteiger charge is 2.23. The fourth-order valence-electron chi connectivity index (χ4n) is 2.98. The van der Waals surface area contributed by atoms with Crippen molar-refractivity contribution in [1.82, 2.24) is 20.3 Å². The molecule has 0 saturated carbocycles. The summed E-state index contributed by atoms with van der Waals surface area (Å²) in [4.78, 5) is 36.7. The van der Waals surface area contributed by atoms with Crippen LogP contribution in [0.1, 0.15) is 65.7 Å². The molecule has 7 nitrogen and oxygen atoms in total. The number of nitrogens with one attached hydrogen (secondary N) is 2. The normalized spacial score (nSPS) is 12.6. The molecule has 3 aromatic heterocycles. The van der Waals surface area contributed by atoms with Crippen LogP contribution in [0.15, 0.2) is 36.8 Å². The first-order chi connectivity index (χ1) is 13.2. The molecule has 0 aromatic carbocycles. The molecule has 0 saturated heterocycles. The maximum Gasteiger partial charge on any atom is 0.338 e. The average molecular weight is 380 g/mol. The van der Waals surface area contributed by atoms with Crippen molar-refractivity contribution < 1.29 is 14.3 Å². The van der Waals surface area contributed by atoms with Crippen molar-refractivity contribution in [2.24, 2.45) is 0 Å². The number of hydrogen-bond acceptors (Lipinski definition) is 5. The Morgan fingerprint density at radius 1 is 1.21 bits per heavy atom. The molecular weight excluding hydrogens is 356 g/mol. The molecule has 1 unspecified atom stereocenters. The number of esters is 1. The van der Waals surface area contributed by atoms with Gasteiger partial charge in [-0.15, -0.1) is 0 Å². The lowest BCUT2D eigenvalue weighted by molar-refractivity contribution is 0.00692. The molecule has 28 heavy (non-hydrogen) atoms. The van der Waals surface area contributed by atoms with Crippen LogP contribution in [0.2, 0.25) is 0 Å². The van der Waals surface area contributed by atoms with E-state index in [0.29, 0.717) is 11.3 Å². The quantitative estimate of drug-likeness (QED) is 0.676. The Kier molecular flexibility index (Phi) is 5.18. The number of amides is 1. The number of aromatic amines is 1. The largest absolute Gasteiger partial charge is 0.456 e. The Morgan fingerprint density at radius 2 is 1.96 bits per heavy atom. The van der Waals surface area contributed by atoms with Gasteiger partial charge in [0, 0.05) is 36.4 Å². The number of aromatic nitrogens is 3. The van der Waals surface area contributed by atoms with E-state index in [9.17, 15) is 9.59 Å². The summed E-state index contributed by atoms with van der Waals surface area (Å²) in [7, 11) is 1.53. The summed E-state index contributed by atoms with van der Waals surface area (Å²) in [6, 6.07) is 5.11. The summed E-state index contributed by atoms with van der Waals surface area (Å²) in [5, 5.41) is 3.58. The molecular formula is C21H24N4O3. The fourth-order valence-corrected chi connectivity index (χ4v) is 2.98. The standard InChI is InChI=1S/C21H24N4O3/c1-12(15-10-23-11-18-14(15)6-7-24-18)16-8-13(20(27)28-21(2,3)4)9-17(25-16)19(26)22-5/h6-12,24H,1-5H3,(H,22,26). The second-order valence-corrected chi connectivity index (χ2v) is 7.64. The first-order valence-corrected chi connectivity index (χ1v) is 9.08. The van der Waals surface area contributed by atoms with Gasteiger partial charge in [0.15, 0.2) is 0 Å². The van der Waals surface area contributed by atoms with Crippen LogP contribution in [0.4, 0.5) is 0 Å². The van der Waals surface area contributed by atoms with Crippen molar-refractivity contribution in [1.29, 1.82) is 0 Å². The van der Waals surface area contributed by atoms with E-state index in [1.807, 2.05) is 19.2 Å². The van der Waals surface area contributed by atoms with Gasteiger partial charge in [0.05, 0.1) is 17.3 Å². The lowest BCUT2D eigenvalue weighted by atomic mass is 9.94. The van der Waals surface area contributed by atoms with Gasteiger partial charge < -0.3 is 15.0 Å². The number of carbonyl (C=O) groups is 2. The molecule has 7 heteroatoms. The number of ether oxygens (including phenoxy) is 1. The van der Waals surface area contributed by atoms with Gasteiger partial charge in [-0.1, -0.05) is 6.92 Å². The van der Waals surface area contributed by atoms with Gasteiger partial charge in [-0.05, 0) is 44.5 Å². The number of nitrogens with zero attached hydrogens (tertiary/aromatic N) is 2. The molecule has 0 aliphatic heterocycles. The van der Waals surface area contributed by atoms with E-state index in [2.05, 4.69) is 20.3 Å². The number of fused-ring (bicyclic) bond motifs is 1. The minimum Gasteiger partial charge on any atom is -0.456 e. The smallest absolute Gasteiger partial charge is 0.338 e. The first kappa shape index (κ1) is 19.5. The summed E-state index contributed by atoms with van der Waals surface area (Å²) in [6.45, 7) is 7.37. The SMILES string of the molecule is CNC(=O)c1cc(C(=O)OC(C)(C)C)cc(C(C)c2cncc3[nH]ccc23)n1. The summed E-state index contributed by atoms with van der Waals surface area (Å²) >= 11 is 0. The first-order valence-electron chi connectivity index (χ1n) is 9.08. The van der Waals surface area contributed by atoms with Crippen LogP contribution in [0.25, 0.3) is 10.9 Å². The highest BCUT2D eigenvalue weighted by Crippen LogP contribution is 2.29. The van der Waals surface area contributed by atoms with Gasteiger partial charge in [0.1, 0.15) is 11.3 Å². The molecule has 146 valence electrons. The maximum absolute atomic E-state index is 12.6. The third-order valence-electron chi connectivity index (χ3n) is 4.36. The van der Waals surface area contributed by atoms with Gasteiger partial charge in [0.25, 0.3) is 5.91 Å². The summed E-state index contributed by atoms with van der Waals surface area (Å²) in [5.41, 5.74) is 2.29. The van der Waals surface area contributed by atoms with E-state index >= 15 is 0 Å². The highest BCUT2D eigenvalue weighted by molar-refractivity contribution is 5.96. The Hall–Kier alpha value is -3.22. The van der Waals surface area contributed by atoms with E-state index in [1.54, 1.807) is 39.2 Å². The zero-order chi connectivity index (χ0) is 20.5. The van der Waals surface area contributed by atoms with Crippen molar-refractivity contribution in [2.75, 3.05) is 7.05 Å². The van der Waals surface area contributed by atoms with Crippen molar-refractivity contribution in [2.45, 2.75) is 39.2 Å². The number of carbonyl (C=O) groups excluding carboxylic acids is 2. The molecule has 1 amide bonds. The van der Waals surface area contributed by atoms with Crippen LogP contribution >= 0.6 is 0 Å². The van der Waals surface area contributed by atoms with Gasteiger partial charge in [-0.2, -0.15) is 0 Å². The van der Waals surface area contributed by atoms with Crippen LogP contribution in [-0.4, -0.2) is 39.5 Å². The van der Waals surface area contributed by atoms with E-state index < -0.39 is 11.6 Å². The third kappa shape index (κ3) is 4.03. The summed E-state index contributed by atoms with van der Waals surface area (Å²) < 4.78 is 5.47. The van der Waals surface area contributed by atoms with E-state index in [4.69, 9.17) is 4.74 Å². The van der Waals surface area contributed by atoms with Crippen molar-refractivity contribution in [3.63, 3.8) is 0 Å². The molecule has 3 heterocycles. The predicted molar refractivity (Wildman–Crippen MR) is 106 cm³/mol. The Balaban J connectivity index is 2.09. The molecule has 0 aliphatic carbocycles. The summed E-state index contributed by atoms with van der Waals surface area (Å²) in [5.74, 6) is -1.04. The van der Waals surface area contributed by atoms with Crippen molar-refractivity contribution in [3.05, 3.63) is 59.3 Å². The minimum absolute atomic E-state index is 0.168. The van der Waals surface area contributed by atoms with Gasteiger partial charge >= 0.3 is 5.97 Å². The number of H-pyrrole nitrogens is 1. The topological polar surface area (TPSA) is 97.0 Å². The van der Waals surface area contributed by atoms with Crippen LogP contribution in [0, 0.1) is 0 Å². The van der Waals surface area contributed by atoms with E-state index in [0.717, 1.165) is 16.5 Å². The summed E-state index contributed by atoms with van der Waals surface area (Å²) in [6.07, 6.45) is 5.39. The Bertz CT molecular complexity index is 1030. The molecule has 0 fully saturated rings. The molecule has 0 spiro atoms. The molecule has 1 atom stereocenters. The van der Waals surface area contributed by atoms with Gasteiger partial charge in [0.2, 0.25) is 0 Å². The van der Waals surface area contributed by atoms with Gasteiger partial charge in [-0.25, -0.2) is 9.78 Å². The van der Waals surface area contributed by atoms with Crippen molar-refractivity contribution >= 4 is 22.8 Å². The highest BCUT2D eigenvalue weighted by atomic mass is 16.6. The Labute approximate surface area is 163 Å². The maximum atomic E-state index is 12.6. The number of hydrogen-bond donors (Lipinski definition) is 2.